The molecule has 0 unspecified atom stereocenters. The summed E-state index contributed by atoms with van der Waals surface area (Å²) in [7, 11) is 0. The van der Waals surface area contributed by atoms with Crippen LogP contribution in [0.15, 0.2) is 24.4 Å². The van der Waals surface area contributed by atoms with Crippen molar-refractivity contribution in [2.24, 2.45) is 0 Å². The van der Waals surface area contributed by atoms with Crippen LogP contribution in [0.25, 0.3) is 15.9 Å². The molecule has 2 heterocycles. The van der Waals surface area contributed by atoms with Gasteiger partial charge in [0.05, 0.1) is 11.9 Å². The van der Waals surface area contributed by atoms with Crippen molar-refractivity contribution >= 4 is 27.7 Å². The highest BCUT2D eigenvalue weighted by Gasteiger charge is 2.41. The molecule has 0 atom stereocenters. The Hall–Kier alpha value is -2.49. The zero-order valence-corrected chi connectivity index (χ0v) is 10.8. The summed E-state index contributed by atoms with van der Waals surface area (Å²) >= 11 is 0.909. The van der Waals surface area contributed by atoms with E-state index in [9.17, 15) is 18.0 Å². The lowest BCUT2D eigenvalue weighted by molar-refractivity contribution is -0.143. The molecule has 2 aromatic heterocycles. The first-order chi connectivity index (χ1) is 9.89. The summed E-state index contributed by atoms with van der Waals surface area (Å²) in [5, 5.41) is 16.2. The van der Waals surface area contributed by atoms with Crippen molar-refractivity contribution in [3.05, 3.63) is 35.7 Å². The van der Waals surface area contributed by atoms with Crippen LogP contribution in [0.4, 0.5) is 13.2 Å². The molecule has 3 aromatic rings. The van der Waals surface area contributed by atoms with Gasteiger partial charge in [-0.15, -0.1) is 5.10 Å². The molecule has 0 aliphatic rings. The largest absolute Gasteiger partial charge is 0.478 e. The third-order valence-electron chi connectivity index (χ3n) is 2.75. The molecule has 21 heavy (non-hydrogen) atoms. The minimum Gasteiger partial charge on any atom is -0.478 e. The molecule has 0 radical (unpaired) electrons. The van der Waals surface area contributed by atoms with Gasteiger partial charge in [0.15, 0.2) is 5.69 Å². The lowest BCUT2D eigenvalue weighted by Crippen LogP contribution is -2.17. The lowest BCUT2D eigenvalue weighted by atomic mass is 10.2. The first-order valence-corrected chi connectivity index (χ1v) is 6.27. The number of halogens is 3. The van der Waals surface area contributed by atoms with Crippen LogP contribution in [0.3, 0.4) is 0 Å². The molecule has 1 N–H and O–H groups in total. The number of rotatable bonds is 2. The molecular weight excluding hydrogens is 309 g/mol. The molecule has 3 rings (SSSR count). The average molecular weight is 314 g/mol. The third-order valence-corrected chi connectivity index (χ3v) is 3.51. The third kappa shape index (κ3) is 2.13. The highest BCUT2D eigenvalue weighted by Crippen LogP contribution is 2.35. The van der Waals surface area contributed by atoms with Crippen LogP contribution in [-0.4, -0.2) is 30.4 Å². The number of carboxylic acid groups (broad SMARTS) is 1. The van der Waals surface area contributed by atoms with E-state index in [0.717, 1.165) is 11.5 Å². The summed E-state index contributed by atoms with van der Waals surface area (Å²) < 4.78 is 44.1. The quantitative estimate of drug-likeness (QED) is 0.786. The van der Waals surface area contributed by atoms with E-state index >= 15 is 0 Å². The summed E-state index contributed by atoms with van der Waals surface area (Å²) in [4.78, 5) is 11.0. The molecule has 0 saturated carbocycles. The normalized spacial score (nSPS) is 12.0. The molecular formula is C11H5F3N4O2S. The second-order valence-electron chi connectivity index (χ2n) is 4.02. The number of aromatic carboxylic acids is 1. The molecule has 0 aliphatic heterocycles. The van der Waals surface area contributed by atoms with Crippen LogP contribution in [0.2, 0.25) is 0 Å². The van der Waals surface area contributed by atoms with Gasteiger partial charge in [0, 0.05) is 0 Å². The number of nitrogens with zero attached hydrogens (tertiary/aromatic N) is 4. The molecule has 1 aromatic carbocycles. The Morgan fingerprint density at radius 3 is 2.76 bits per heavy atom. The van der Waals surface area contributed by atoms with Crippen LogP contribution < -0.4 is 0 Å². The molecule has 108 valence electrons. The van der Waals surface area contributed by atoms with Crippen LogP contribution in [0.5, 0.6) is 0 Å². The van der Waals surface area contributed by atoms with Gasteiger partial charge in [0.1, 0.15) is 15.8 Å². The summed E-state index contributed by atoms with van der Waals surface area (Å²) in [6.07, 6.45) is -4.18. The average Bonchev–Trinajstić information content (AvgIpc) is 3.04. The number of fused-ring (bicyclic) bond motifs is 1. The van der Waals surface area contributed by atoms with Crippen LogP contribution in [0.1, 0.15) is 16.1 Å². The maximum Gasteiger partial charge on any atom is 0.434 e. The van der Waals surface area contributed by atoms with Crippen molar-refractivity contribution in [3.63, 3.8) is 0 Å². The Bertz CT molecular complexity index is 839. The summed E-state index contributed by atoms with van der Waals surface area (Å²) in [5.41, 5.74) is -1.74. The van der Waals surface area contributed by atoms with Gasteiger partial charge in [-0.25, -0.2) is 9.48 Å². The van der Waals surface area contributed by atoms with Gasteiger partial charge >= 0.3 is 12.1 Å². The predicted octanol–water partition coefficient (Wildman–Crippen LogP) is 2.59. The Morgan fingerprint density at radius 1 is 1.33 bits per heavy atom. The Morgan fingerprint density at radius 2 is 2.10 bits per heavy atom. The first-order valence-electron chi connectivity index (χ1n) is 5.49. The molecule has 10 heteroatoms. The minimum absolute atomic E-state index is 0.0855. The second-order valence-corrected chi connectivity index (χ2v) is 4.77. The van der Waals surface area contributed by atoms with E-state index in [4.69, 9.17) is 5.11 Å². The van der Waals surface area contributed by atoms with Gasteiger partial charge in [-0.3, -0.25) is 0 Å². The van der Waals surface area contributed by atoms with E-state index in [1.54, 1.807) is 6.07 Å². The van der Waals surface area contributed by atoms with Crippen molar-refractivity contribution in [3.8, 4) is 5.69 Å². The standard InChI is InChI=1S/C11H5F3N4O2S/c12-11(13,14)9-5(10(19)20)4-15-18(9)7-3-1-2-6-8(7)21-17-16-6/h1-4H,(H,19,20). The fourth-order valence-electron chi connectivity index (χ4n) is 1.92. The number of carboxylic acids is 1. The molecule has 0 bridgehead atoms. The van der Waals surface area contributed by atoms with E-state index in [-0.39, 0.29) is 5.69 Å². The zero-order chi connectivity index (χ0) is 15.2. The van der Waals surface area contributed by atoms with Gasteiger partial charge in [-0.1, -0.05) is 10.6 Å². The maximum atomic E-state index is 13.2. The van der Waals surface area contributed by atoms with Crippen LogP contribution in [-0.2, 0) is 6.18 Å². The lowest BCUT2D eigenvalue weighted by Gasteiger charge is -2.11. The van der Waals surface area contributed by atoms with Crippen LogP contribution >= 0.6 is 11.5 Å². The van der Waals surface area contributed by atoms with Gasteiger partial charge in [0.25, 0.3) is 0 Å². The Balaban J connectivity index is 2.33. The van der Waals surface area contributed by atoms with Crippen molar-refractivity contribution in [2.45, 2.75) is 6.18 Å². The molecule has 0 saturated heterocycles. The predicted molar refractivity (Wildman–Crippen MR) is 66.5 cm³/mol. The summed E-state index contributed by atoms with van der Waals surface area (Å²) in [5.74, 6) is -1.69. The number of carbonyl (C=O) groups is 1. The fourth-order valence-corrected chi connectivity index (χ4v) is 2.58. The van der Waals surface area contributed by atoms with Crippen molar-refractivity contribution in [1.82, 2.24) is 19.4 Å². The SMILES string of the molecule is O=C(O)c1cnn(-c2cccc3nnsc23)c1C(F)(F)F. The topological polar surface area (TPSA) is 80.9 Å². The second kappa shape index (κ2) is 4.52. The van der Waals surface area contributed by atoms with E-state index < -0.39 is 23.4 Å². The van der Waals surface area contributed by atoms with Crippen molar-refractivity contribution in [2.75, 3.05) is 0 Å². The van der Waals surface area contributed by atoms with Gasteiger partial charge < -0.3 is 5.11 Å². The van der Waals surface area contributed by atoms with E-state index in [1.807, 2.05) is 0 Å². The zero-order valence-electron chi connectivity index (χ0n) is 10.00. The van der Waals surface area contributed by atoms with E-state index in [0.29, 0.717) is 21.1 Å². The van der Waals surface area contributed by atoms with Gasteiger partial charge in [0.2, 0.25) is 0 Å². The fraction of sp³-hybridized carbons (Fsp3) is 0.0909. The monoisotopic (exact) mass is 314 g/mol. The van der Waals surface area contributed by atoms with Gasteiger partial charge in [-0.05, 0) is 23.7 Å². The maximum absolute atomic E-state index is 13.2. The molecule has 0 amide bonds. The molecule has 0 fully saturated rings. The van der Waals surface area contributed by atoms with E-state index in [1.165, 1.54) is 12.1 Å². The van der Waals surface area contributed by atoms with E-state index in [2.05, 4.69) is 14.7 Å². The summed E-state index contributed by atoms with van der Waals surface area (Å²) in [6.45, 7) is 0. The van der Waals surface area contributed by atoms with Gasteiger partial charge in [-0.2, -0.15) is 18.3 Å². The highest BCUT2D eigenvalue weighted by atomic mass is 32.1. The molecule has 6 nitrogen and oxygen atoms in total. The highest BCUT2D eigenvalue weighted by molar-refractivity contribution is 7.13. The van der Waals surface area contributed by atoms with Crippen LogP contribution in [0, 0.1) is 0 Å². The van der Waals surface area contributed by atoms with Crippen molar-refractivity contribution in [1.29, 1.82) is 0 Å². The summed E-state index contributed by atoms with van der Waals surface area (Å²) in [6, 6.07) is 4.49. The number of hydrogen-bond donors (Lipinski definition) is 1. The Kier molecular flexibility index (Phi) is 2.90. The first kappa shape index (κ1) is 13.5. The number of hydrogen-bond acceptors (Lipinski definition) is 5. The Labute approximate surface area is 118 Å². The minimum atomic E-state index is -4.86. The van der Waals surface area contributed by atoms with Crippen molar-refractivity contribution < 1.29 is 23.1 Å². The smallest absolute Gasteiger partial charge is 0.434 e. The number of alkyl halides is 3. The molecule has 0 aliphatic carbocycles. The number of benzene rings is 1. The number of aromatic nitrogens is 4. The molecule has 0 spiro atoms.